The molecular weight excluding hydrogens is 401 g/mol. The van der Waals surface area contributed by atoms with Crippen LogP contribution in [0.4, 0.5) is 0 Å². The van der Waals surface area contributed by atoms with E-state index in [0.29, 0.717) is 11.8 Å². The number of halogens is 1. The third-order valence-corrected chi connectivity index (χ3v) is 5.15. The second-order valence-electron chi connectivity index (χ2n) is 6.53. The zero-order valence-electron chi connectivity index (χ0n) is 13.8. The molecular formula is C18H28IN3O. The first-order chi connectivity index (χ1) is 10.8. The summed E-state index contributed by atoms with van der Waals surface area (Å²) in [6, 6.07) is 8.75. The van der Waals surface area contributed by atoms with Crippen molar-refractivity contribution >= 4 is 29.9 Å². The van der Waals surface area contributed by atoms with Crippen LogP contribution in [0.1, 0.15) is 42.7 Å². The maximum absolute atomic E-state index is 9.89. The fraction of sp³-hybridized carbons (Fsp3) is 0.611. The Balaban J connectivity index is 0.00000192. The summed E-state index contributed by atoms with van der Waals surface area (Å²) in [6.45, 7) is 1.73. The molecule has 3 N–H and O–H groups in total. The highest BCUT2D eigenvalue weighted by atomic mass is 127. The monoisotopic (exact) mass is 429 g/mol. The van der Waals surface area contributed by atoms with Crippen LogP contribution in [0.25, 0.3) is 0 Å². The third kappa shape index (κ3) is 4.59. The minimum atomic E-state index is -0.146. The van der Waals surface area contributed by atoms with Gasteiger partial charge in [-0.1, -0.05) is 30.7 Å². The van der Waals surface area contributed by atoms with Crippen molar-refractivity contribution in [1.29, 1.82) is 0 Å². The molecule has 0 amide bonds. The van der Waals surface area contributed by atoms with E-state index < -0.39 is 0 Å². The zero-order chi connectivity index (χ0) is 15.4. The largest absolute Gasteiger partial charge is 0.393 e. The van der Waals surface area contributed by atoms with E-state index in [1.807, 2.05) is 7.05 Å². The van der Waals surface area contributed by atoms with Gasteiger partial charge < -0.3 is 15.7 Å². The molecule has 5 heteroatoms. The number of fused-ring (bicyclic) bond motifs is 1. The molecule has 3 atom stereocenters. The second-order valence-corrected chi connectivity index (χ2v) is 6.53. The molecule has 128 valence electrons. The van der Waals surface area contributed by atoms with E-state index in [9.17, 15) is 5.11 Å². The van der Waals surface area contributed by atoms with E-state index in [1.165, 1.54) is 24.0 Å². The Morgan fingerprint density at radius 3 is 2.70 bits per heavy atom. The summed E-state index contributed by atoms with van der Waals surface area (Å²) in [6.07, 6.45) is 5.44. The lowest BCUT2D eigenvalue weighted by Gasteiger charge is -2.19. The lowest BCUT2D eigenvalue weighted by Crippen LogP contribution is -2.42. The number of nitrogens with one attached hydrogen (secondary N) is 2. The molecule has 1 saturated carbocycles. The first-order valence-corrected chi connectivity index (χ1v) is 8.48. The Hall–Kier alpha value is -0.820. The maximum Gasteiger partial charge on any atom is 0.191 e. The summed E-state index contributed by atoms with van der Waals surface area (Å²) in [4.78, 5) is 4.30. The zero-order valence-corrected chi connectivity index (χ0v) is 16.1. The molecule has 2 aliphatic carbocycles. The van der Waals surface area contributed by atoms with Crippen LogP contribution >= 0.6 is 24.0 Å². The van der Waals surface area contributed by atoms with Crippen LogP contribution in [-0.2, 0) is 6.42 Å². The second kappa shape index (κ2) is 8.87. The van der Waals surface area contributed by atoms with Gasteiger partial charge in [-0.05, 0) is 36.8 Å². The summed E-state index contributed by atoms with van der Waals surface area (Å²) >= 11 is 0. The van der Waals surface area contributed by atoms with Crippen molar-refractivity contribution in [3.05, 3.63) is 35.4 Å². The summed E-state index contributed by atoms with van der Waals surface area (Å²) in [5, 5.41) is 16.7. The lowest BCUT2D eigenvalue weighted by atomic mass is 10.0. The van der Waals surface area contributed by atoms with Gasteiger partial charge in [0.05, 0.1) is 6.10 Å². The van der Waals surface area contributed by atoms with Gasteiger partial charge >= 0.3 is 0 Å². The van der Waals surface area contributed by atoms with Gasteiger partial charge in [0.2, 0.25) is 0 Å². The van der Waals surface area contributed by atoms with Crippen molar-refractivity contribution in [3.8, 4) is 0 Å². The summed E-state index contributed by atoms with van der Waals surface area (Å²) in [5.74, 6) is 1.79. The van der Waals surface area contributed by atoms with Gasteiger partial charge in [0.15, 0.2) is 5.96 Å². The molecule has 0 heterocycles. The molecule has 1 fully saturated rings. The molecule has 4 nitrogen and oxygen atoms in total. The van der Waals surface area contributed by atoms with Crippen molar-refractivity contribution in [1.82, 2.24) is 10.6 Å². The number of hydrogen-bond acceptors (Lipinski definition) is 2. The van der Waals surface area contributed by atoms with Crippen LogP contribution in [0.5, 0.6) is 0 Å². The highest BCUT2D eigenvalue weighted by Gasteiger charge is 2.25. The fourth-order valence-corrected chi connectivity index (χ4v) is 3.78. The number of aliphatic hydroxyl groups excluding tert-OH is 1. The van der Waals surface area contributed by atoms with E-state index in [2.05, 4.69) is 39.9 Å². The Morgan fingerprint density at radius 1 is 1.17 bits per heavy atom. The van der Waals surface area contributed by atoms with Crippen LogP contribution < -0.4 is 10.6 Å². The van der Waals surface area contributed by atoms with Gasteiger partial charge in [0, 0.05) is 32.0 Å². The number of guanidine groups is 1. The minimum Gasteiger partial charge on any atom is -0.393 e. The molecule has 2 aliphatic rings. The van der Waals surface area contributed by atoms with Crippen LogP contribution in [0.15, 0.2) is 29.3 Å². The molecule has 0 saturated heterocycles. The van der Waals surface area contributed by atoms with Gasteiger partial charge in [-0.25, -0.2) is 0 Å². The Labute approximate surface area is 156 Å². The molecule has 1 aromatic carbocycles. The number of hydrogen-bond donors (Lipinski definition) is 3. The van der Waals surface area contributed by atoms with E-state index in [-0.39, 0.29) is 30.1 Å². The number of aliphatic hydroxyl groups is 1. The van der Waals surface area contributed by atoms with Gasteiger partial charge in [-0.3, -0.25) is 4.99 Å². The highest BCUT2D eigenvalue weighted by molar-refractivity contribution is 14.0. The molecule has 0 bridgehead atoms. The fourth-order valence-electron chi connectivity index (χ4n) is 3.78. The van der Waals surface area contributed by atoms with Crippen LogP contribution in [0, 0.1) is 5.92 Å². The normalized spacial score (nSPS) is 26.5. The van der Waals surface area contributed by atoms with Gasteiger partial charge in [-0.15, -0.1) is 24.0 Å². The molecule has 0 aromatic heterocycles. The quantitative estimate of drug-likeness (QED) is 0.392. The summed E-state index contributed by atoms with van der Waals surface area (Å²) < 4.78 is 0. The van der Waals surface area contributed by atoms with Crippen LogP contribution in [0.2, 0.25) is 0 Å². The van der Waals surface area contributed by atoms with Gasteiger partial charge in [0.1, 0.15) is 0 Å². The van der Waals surface area contributed by atoms with Crippen molar-refractivity contribution < 1.29 is 5.11 Å². The number of aliphatic imine (C=N–C) groups is 1. The maximum atomic E-state index is 9.89. The van der Waals surface area contributed by atoms with E-state index in [4.69, 9.17) is 0 Å². The molecule has 3 unspecified atom stereocenters. The van der Waals surface area contributed by atoms with E-state index in [0.717, 1.165) is 38.3 Å². The molecule has 23 heavy (non-hydrogen) atoms. The number of rotatable bonds is 4. The summed E-state index contributed by atoms with van der Waals surface area (Å²) in [5.41, 5.74) is 2.97. The van der Waals surface area contributed by atoms with Crippen molar-refractivity contribution in [2.75, 3.05) is 20.1 Å². The SMILES string of the molecule is CN=C(NCC1CCc2ccccc21)NCC1CCCC1O.I. The standard InChI is InChI=1S/C18H27N3O.HI/c1-19-18(21-12-15-6-4-8-17(15)22)20-11-14-10-9-13-5-2-3-7-16(13)14;/h2-3,5,7,14-15,17,22H,4,6,8-12H2,1H3,(H2,19,20,21);1H. The van der Waals surface area contributed by atoms with Crippen molar-refractivity contribution in [3.63, 3.8) is 0 Å². The van der Waals surface area contributed by atoms with Crippen molar-refractivity contribution in [2.24, 2.45) is 10.9 Å². The molecule has 3 rings (SSSR count). The highest BCUT2D eigenvalue weighted by Crippen LogP contribution is 2.32. The minimum absolute atomic E-state index is 0. The topological polar surface area (TPSA) is 56.7 Å². The Kier molecular flexibility index (Phi) is 7.14. The van der Waals surface area contributed by atoms with Crippen LogP contribution in [0.3, 0.4) is 0 Å². The molecule has 0 radical (unpaired) electrons. The average Bonchev–Trinajstić information content (AvgIpc) is 3.14. The first-order valence-electron chi connectivity index (χ1n) is 8.48. The van der Waals surface area contributed by atoms with E-state index >= 15 is 0 Å². The van der Waals surface area contributed by atoms with Crippen molar-refractivity contribution in [2.45, 2.75) is 44.1 Å². The van der Waals surface area contributed by atoms with E-state index in [1.54, 1.807) is 0 Å². The molecule has 0 spiro atoms. The number of nitrogens with zero attached hydrogens (tertiary/aromatic N) is 1. The predicted molar refractivity (Wildman–Crippen MR) is 106 cm³/mol. The number of aryl methyl sites for hydroxylation is 1. The molecule has 1 aromatic rings. The molecule has 0 aliphatic heterocycles. The average molecular weight is 429 g/mol. The summed E-state index contributed by atoms with van der Waals surface area (Å²) in [7, 11) is 1.81. The van der Waals surface area contributed by atoms with Gasteiger partial charge in [-0.2, -0.15) is 0 Å². The number of benzene rings is 1. The van der Waals surface area contributed by atoms with Crippen LogP contribution in [-0.4, -0.2) is 37.3 Å². The lowest BCUT2D eigenvalue weighted by molar-refractivity contribution is 0.134. The Morgan fingerprint density at radius 2 is 1.96 bits per heavy atom. The predicted octanol–water partition coefficient (Wildman–Crippen LogP) is 2.66. The smallest absolute Gasteiger partial charge is 0.191 e. The third-order valence-electron chi connectivity index (χ3n) is 5.15. The van der Waals surface area contributed by atoms with Gasteiger partial charge in [0.25, 0.3) is 0 Å². The Bertz CT molecular complexity index is 535. The first kappa shape index (κ1) is 18.5.